The van der Waals surface area contributed by atoms with Crippen molar-refractivity contribution < 1.29 is 19.7 Å². The highest BCUT2D eigenvalue weighted by atomic mass is 16.5. The third-order valence-electron chi connectivity index (χ3n) is 3.14. The SMILES string of the molecule is CC(C)=C1Oc2c(ccc(C[C@@H](C)O)c2CO)C1=O. The van der Waals surface area contributed by atoms with Crippen LogP contribution in [0.5, 0.6) is 5.75 Å². The number of Topliss-reactive ketones (excluding diaryl/α,β-unsaturated/α-hetero) is 1. The molecule has 1 aliphatic rings. The van der Waals surface area contributed by atoms with Gasteiger partial charge in [-0.1, -0.05) is 6.07 Å². The lowest BCUT2D eigenvalue weighted by Gasteiger charge is -2.12. The molecule has 0 unspecified atom stereocenters. The molecule has 1 heterocycles. The van der Waals surface area contributed by atoms with Crippen LogP contribution >= 0.6 is 0 Å². The van der Waals surface area contributed by atoms with Crippen molar-refractivity contribution in [3.05, 3.63) is 40.2 Å². The van der Waals surface area contributed by atoms with E-state index in [9.17, 15) is 15.0 Å². The molecule has 0 saturated heterocycles. The summed E-state index contributed by atoms with van der Waals surface area (Å²) in [5.74, 6) is 0.619. The van der Waals surface area contributed by atoms with Crippen LogP contribution in [-0.2, 0) is 13.0 Å². The molecule has 1 aromatic rings. The lowest BCUT2D eigenvalue weighted by Crippen LogP contribution is -2.08. The Morgan fingerprint density at radius 1 is 1.37 bits per heavy atom. The van der Waals surface area contributed by atoms with Crippen molar-refractivity contribution in [3.8, 4) is 5.75 Å². The molecule has 0 saturated carbocycles. The molecule has 4 heteroatoms. The molecule has 0 fully saturated rings. The van der Waals surface area contributed by atoms with Crippen molar-refractivity contribution in [1.29, 1.82) is 0 Å². The largest absolute Gasteiger partial charge is 0.452 e. The Hall–Kier alpha value is -1.65. The van der Waals surface area contributed by atoms with Crippen molar-refractivity contribution in [3.63, 3.8) is 0 Å². The Labute approximate surface area is 112 Å². The minimum absolute atomic E-state index is 0.145. The quantitative estimate of drug-likeness (QED) is 0.817. The van der Waals surface area contributed by atoms with Crippen LogP contribution in [0.25, 0.3) is 0 Å². The van der Waals surface area contributed by atoms with E-state index in [-0.39, 0.29) is 12.4 Å². The highest BCUT2D eigenvalue weighted by molar-refractivity contribution is 6.13. The predicted octanol–water partition coefficient (Wildman–Crippen LogP) is 1.97. The number of hydrogen-bond acceptors (Lipinski definition) is 4. The fourth-order valence-electron chi connectivity index (χ4n) is 2.25. The molecule has 1 aliphatic heterocycles. The van der Waals surface area contributed by atoms with Crippen LogP contribution in [0.1, 0.15) is 42.3 Å². The minimum Gasteiger partial charge on any atom is -0.452 e. The van der Waals surface area contributed by atoms with Crippen molar-refractivity contribution in [1.82, 2.24) is 0 Å². The molecule has 2 N–H and O–H groups in total. The van der Waals surface area contributed by atoms with Crippen LogP contribution in [0.4, 0.5) is 0 Å². The van der Waals surface area contributed by atoms with Gasteiger partial charge in [-0.3, -0.25) is 4.79 Å². The fourth-order valence-corrected chi connectivity index (χ4v) is 2.25. The van der Waals surface area contributed by atoms with E-state index in [2.05, 4.69) is 0 Å². The summed E-state index contributed by atoms with van der Waals surface area (Å²) < 4.78 is 5.61. The molecular formula is C15H18O4. The van der Waals surface area contributed by atoms with Gasteiger partial charge in [-0.25, -0.2) is 0 Å². The van der Waals surface area contributed by atoms with Gasteiger partial charge < -0.3 is 14.9 Å². The van der Waals surface area contributed by atoms with Crippen molar-refractivity contribution in [2.24, 2.45) is 0 Å². The third-order valence-corrected chi connectivity index (χ3v) is 3.14. The van der Waals surface area contributed by atoms with Gasteiger partial charge in [0.05, 0.1) is 18.3 Å². The molecule has 0 aromatic heterocycles. The zero-order valence-corrected chi connectivity index (χ0v) is 11.4. The molecule has 102 valence electrons. The Morgan fingerprint density at radius 2 is 2.05 bits per heavy atom. The monoisotopic (exact) mass is 262 g/mol. The molecule has 1 aromatic carbocycles. The molecular weight excluding hydrogens is 244 g/mol. The average molecular weight is 262 g/mol. The Morgan fingerprint density at radius 3 is 2.58 bits per heavy atom. The molecule has 0 aliphatic carbocycles. The topological polar surface area (TPSA) is 66.8 Å². The summed E-state index contributed by atoms with van der Waals surface area (Å²) in [5.41, 5.74) is 2.68. The highest BCUT2D eigenvalue weighted by Gasteiger charge is 2.31. The van der Waals surface area contributed by atoms with Crippen molar-refractivity contribution >= 4 is 5.78 Å². The summed E-state index contributed by atoms with van der Waals surface area (Å²) in [7, 11) is 0. The first-order valence-corrected chi connectivity index (χ1v) is 6.29. The van der Waals surface area contributed by atoms with E-state index < -0.39 is 6.10 Å². The number of fused-ring (bicyclic) bond motifs is 1. The van der Waals surface area contributed by atoms with E-state index in [1.54, 1.807) is 19.1 Å². The molecule has 1 atom stereocenters. The van der Waals surface area contributed by atoms with Gasteiger partial charge in [0.15, 0.2) is 5.76 Å². The van der Waals surface area contributed by atoms with Crippen LogP contribution in [-0.4, -0.2) is 22.1 Å². The second-order valence-electron chi connectivity index (χ2n) is 5.05. The molecule has 0 amide bonds. The van der Waals surface area contributed by atoms with E-state index >= 15 is 0 Å². The first kappa shape index (κ1) is 13.8. The number of allylic oxidation sites excluding steroid dienone is 2. The molecule has 0 bridgehead atoms. The number of hydrogen-bond donors (Lipinski definition) is 2. The lowest BCUT2D eigenvalue weighted by atomic mass is 9.97. The number of ether oxygens (including phenoxy) is 1. The maximum atomic E-state index is 12.1. The molecule has 4 nitrogen and oxygen atoms in total. The zero-order valence-electron chi connectivity index (χ0n) is 11.4. The number of aliphatic hydroxyl groups excluding tert-OH is 2. The summed E-state index contributed by atoms with van der Waals surface area (Å²) in [5, 5.41) is 19.0. The smallest absolute Gasteiger partial charge is 0.231 e. The zero-order chi connectivity index (χ0) is 14.2. The van der Waals surface area contributed by atoms with E-state index in [1.807, 2.05) is 13.8 Å². The Balaban J connectivity index is 2.53. The van der Waals surface area contributed by atoms with Crippen molar-refractivity contribution in [2.75, 3.05) is 0 Å². The predicted molar refractivity (Wildman–Crippen MR) is 71.1 cm³/mol. The van der Waals surface area contributed by atoms with Gasteiger partial charge in [0.2, 0.25) is 5.78 Å². The van der Waals surface area contributed by atoms with Gasteiger partial charge in [-0.15, -0.1) is 0 Å². The average Bonchev–Trinajstić information content (AvgIpc) is 2.66. The second-order valence-corrected chi connectivity index (χ2v) is 5.05. The number of rotatable bonds is 3. The standard InChI is InChI=1S/C15H18O4/c1-8(2)14-13(18)11-5-4-10(6-9(3)17)12(7-16)15(11)19-14/h4-5,9,16-17H,6-7H2,1-3H3/t9-/m1/s1. The normalized spacial score (nSPS) is 15.2. The molecule has 19 heavy (non-hydrogen) atoms. The summed E-state index contributed by atoms with van der Waals surface area (Å²) >= 11 is 0. The van der Waals surface area contributed by atoms with Crippen LogP contribution in [0.15, 0.2) is 23.5 Å². The lowest BCUT2D eigenvalue weighted by molar-refractivity contribution is 0.101. The number of carbonyl (C=O) groups is 1. The molecule has 0 spiro atoms. The number of ketones is 1. The van der Waals surface area contributed by atoms with E-state index in [0.29, 0.717) is 29.1 Å². The first-order chi connectivity index (χ1) is 8.95. The number of aliphatic hydroxyl groups is 2. The van der Waals surface area contributed by atoms with Crippen LogP contribution in [0.3, 0.4) is 0 Å². The van der Waals surface area contributed by atoms with Crippen LogP contribution in [0.2, 0.25) is 0 Å². The van der Waals surface area contributed by atoms with E-state index in [4.69, 9.17) is 4.74 Å². The van der Waals surface area contributed by atoms with E-state index in [1.165, 1.54) is 0 Å². The summed E-state index contributed by atoms with van der Waals surface area (Å²) in [6, 6.07) is 3.47. The van der Waals surface area contributed by atoms with Crippen LogP contribution in [0, 0.1) is 0 Å². The third kappa shape index (κ3) is 2.41. The fraction of sp³-hybridized carbons (Fsp3) is 0.400. The van der Waals surface area contributed by atoms with Gasteiger partial charge >= 0.3 is 0 Å². The van der Waals surface area contributed by atoms with Crippen molar-refractivity contribution in [2.45, 2.75) is 39.9 Å². The Kier molecular flexibility index (Phi) is 3.73. The second kappa shape index (κ2) is 5.15. The van der Waals surface area contributed by atoms with Gasteiger partial charge in [0, 0.05) is 5.56 Å². The van der Waals surface area contributed by atoms with Crippen LogP contribution < -0.4 is 4.74 Å². The maximum absolute atomic E-state index is 12.1. The van der Waals surface area contributed by atoms with Gasteiger partial charge in [-0.05, 0) is 44.4 Å². The first-order valence-electron chi connectivity index (χ1n) is 6.29. The highest BCUT2D eigenvalue weighted by Crippen LogP contribution is 2.37. The summed E-state index contributed by atoms with van der Waals surface area (Å²) in [4.78, 5) is 12.1. The maximum Gasteiger partial charge on any atom is 0.231 e. The van der Waals surface area contributed by atoms with E-state index in [0.717, 1.165) is 11.1 Å². The summed E-state index contributed by atoms with van der Waals surface area (Å²) in [6.45, 7) is 5.10. The Bertz CT molecular complexity index is 552. The van der Waals surface area contributed by atoms with Gasteiger partial charge in [-0.2, -0.15) is 0 Å². The minimum atomic E-state index is -0.511. The number of benzene rings is 1. The van der Waals surface area contributed by atoms with Gasteiger partial charge in [0.25, 0.3) is 0 Å². The summed E-state index contributed by atoms with van der Waals surface area (Å²) in [6.07, 6.45) is -0.0893. The molecule has 0 radical (unpaired) electrons. The van der Waals surface area contributed by atoms with Gasteiger partial charge in [0.1, 0.15) is 5.75 Å². The molecule has 2 rings (SSSR count). The number of carbonyl (C=O) groups excluding carboxylic acids is 1.